The van der Waals surface area contributed by atoms with Crippen molar-refractivity contribution < 1.29 is 17.6 Å². The number of aliphatic imine (C=N–C) groups is 2. The number of halogens is 2. The van der Waals surface area contributed by atoms with Crippen LogP contribution in [-0.2, 0) is 17.6 Å². The van der Waals surface area contributed by atoms with Crippen LogP contribution in [-0.4, -0.2) is 50.0 Å². The normalized spacial score (nSPS) is 37.5. The molecule has 4 nitrogen and oxygen atoms in total. The fourth-order valence-corrected chi connectivity index (χ4v) is 7.79. The first-order valence-corrected chi connectivity index (χ1v) is 20.3. The van der Waals surface area contributed by atoms with E-state index in [0.717, 1.165) is 5.92 Å². The zero-order chi connectivity index (χ0) is 26.2. The van der Waals surface area contributed by atoms with Gasteiger partial charge in [-0.3, -0.25) is 9.98 Å². The summed E-state index contributed by atoms with van der Waals surface area (Å²) in [7, 11) is 8.10. The van der Waals surface area contributed by atoms with Crippen LogP contribution in [0.5, 0.6) is 0 Å². The molecule has 3 rings (SSSR count). The average Bonchev–Trinajstić information content (AvgIpc) is 2.77. The van der Waals surface area contributed by atoms with Crippen LogP contribution in [0.25, 0.3) is 0 Å². The van der Waals surface area contributed by atoms with Crippen molar-refractivity contribution >= 4 is 39.9 Å². The van der Waals surface area contributed by atoms with Crippen LogP contribution in [0.2, 0.25) is 19.6 Å². The number of rotatable bonds is 6. The van der Waals surface area contributed by atoms with Gasteiger partial charge >= 0.3 is 33.3 Å². The van der Waals surface area contributed by atoms with E-state index < -0.39 is 8.32 Å². The molecule has 206 valence electrons. The van der Waals surface area contributed by atoms with Crippen molar-refractivity contribution in [2.75, 3.05) is 0 Å². The van der Waals surface area contributed by atoms with Crippen LogP contribution in [0.3, 0.4) is 0 Å². The second-order valence-electron chi connectivity index (χ2n) is 12.5. The molecule has 2 saturated carbocycles. The molecule has 3 fully saturated rings. The molecule has 0 aromatic carbocycles. The van der Waals surface area contributed by atoms with Gasteiger partial charge in [-0.2, -0.15) is 0 Å². The van der Waals surface area contributed by atoms with Gasteiger partial charge in [0.05, 0.1) is 12.1 Å². The Balaban J connectivity index is 0.00000137. The van der Waals surface area contributed by atoms with Crippen molar-refractivity contribution in [1.29, 1.82) is 0 Å². The fourth-order valence-electron chi connectivity index (χ4n) is 6.55. The molecule has 0 aromatic heterocycles. The van der Waals surface area contributed by atoms with Gasteiger partial charge in [0.25, 0.3) is 0 Å². The van der Waals surface area contributed by atoms with Crippen LogP contribution in [0.15, 0.2) is 9.98 Å². The van der Waals surface area contributed by atoms with Gasteiger partial charge in [0, 0.05) is 29.6 Å². The zero-order valence-electron chi connectivity index (χ0n) is 23.4. The molecule has 1 aliphatic heterocycles. The summed E-state index contributed by atoms with van der Waals surface area (Å²) in [6, 6.07) is 1.81. The van der Waals surface area contributed by atoms with Crippen molar-refractivity contribution in [2.45, 2.75) is 142 Å². The Morgan fingerprint density at radius 2 is 1.31 bits per heavy atom. The Bertz CT molecular complexity index is 682. The van der Waals surface area contributed by atoms with E-state index in [1.54, 1.807) is 0 Å². The van der Waals surface area contributed by atoms with Crippen molar-refractivity contribution in [1.82, 2.24) is 5.32 Å². The molecule has 2 aliphatic carbocycles. The SMILES string of the molecule is CC(=NC1CCC(O[Si](C)(C)C)CC1)C1CCCC(C(C)=NC2C(C)CC(C)CC2C)N1.[Cl][Fe][Cl]. The standard InChI is InChI=1S/C27H51N3OSi.2ClH.Fe/c1-18-16-19(2)27(20(3)17-18)29-22(5)26-11-9-10-25(30-26)21(4)28-23-12-14-24(15-13-23)31-32(6,7)8;;;/h18-20,23-27,30H,9-17H2,1-8H3;2*1H;/q;;;+2/p-2. The van der Waals surface area contributed by atoms with E-state index in [4.69, 9.17) is 34.6 Å². The number of nitrogens with zero attached hydrogens (tertiary/aromatic N) is 2. The molecular formula is C27H51Cl2FeN3OSi. The molecule has 8 heteroatoms. The summed E-state index contributed by atoms with van der Waals surface area (Å²) < 4.78 is 6.34. The van der Waals surface area contributed by atoms with Gasteiger partial charge in [0.2, 0.25) is 0 Å². The van der Waals surface area contributed by atoms with Crippen LogP contribution in [0.1, 0.15) is 92.4 Å². The van der Waals surface area contributed by atoms with Gasteiger partial charge in [-0.15, -0.1) is 0 Å². The summed E-state index contributed by atoms with van der Waals surface area (Å²) in [5, 5.41) is 3.93. The monoisotopic (exact) mass is 587 g/mol. The number of piperidine rings is 1. The third-order valence-corrected chi connectivity index (χ3v) is 9.05. The first-order valence-electron chi connectivity index (χ1n) is 13.8. The molecule has 0 aromatic rings. The first kappa shape index (κ1) is 31.8. The van der Waals surface area contributed by atoms with Gasteiger partial charge in [-0.05, 0) is 109 Å². The Labute approximate surface area is 232 Å². The van der Waals surface area contributed by atoms with E-state index in [1.165, 1.54) is 69.2 Å². The molecule has 4 atom stereocenters. The molecule has 1 saturated heterocycles. The average molecular weight is 589 g/mol. The van der Waals surface area contributed by atoms with E-state index in [1.807, 2.05) is 0 Å². The summed E-state index contributed by atoms with van der Waals surface area (Å²) in [6.07, 6.45) is 11.5. The van der Waals surface area contributed by atoms with Crippen molar-refractivity contribution in [2.24, 2.45) is 27.7 Å². The Morgan fingerprint density at radius 1 is 0.829 bits per heavy atom. The predicted octanol–water partition coefficient (Wildman–Crippen LogP) is 8.03. The fraction of sp³-hybridized carbons (Fsp3) is 0.926. The molecule has 4 unspecified atom stereocenters. The van der Waals surface area contributed by atoms with Crippen LogP contribution in [0.4, 0.5) is 0 Å². The molecule has 35 heavy (non-hydrogen) atoms. The second kappa shape index (κ2) is 15.2. The summed E-state index contributed by atoms with van der Waals surface area (Å²) in [4.78, 5) is 10.5. The molecule has 0 spiro atoms. The zero-order valence-corrected chi connectivity index (χ0v) is 27.0. The topological polar surface area (TPSA) is 46.0 Å². The van der Waals surface area contributed by atoms with E-state index in [9.17, 15) is 0 Å². The molecular weight excluding hydrogens is 537 g/mol. The third kappa shape index (κ3) is 11.1. The quantitative estimate of drug-likeness (QED) is 0.252. The molecule has 1 N–H and O–H groups in total. The summed E-state index contributed by atoms with van der Waals surface area (Å²) in [5.41, 5.74) is 2.63. The van der Waals surface area contributed by atoms with Crippen LogP contribution < -0.4 is 5.32 Å². The van der Waals surface area contributed by atoms with Crippen molar-refractivity contribution in [3.8, 4) is 0 Å². The molecule has 3 aliphatic rings. The van der Waals surface area contributed by atoms with Crippen molar-refractivity contribution in [3.05, 3.63) is 0 Å². The van der Waals surface area contributed by atoms with E-state index in [2.05, 4.69) is 59.6 Å². The van der Waals surface area contributed by atoms with Gasteiger partial charge in [0.15, 0.2) is 8.32 Å². The van der Waals surface area contributed by atoms with Gasteiger partial charge in [0.1, 0.15) is 0 Å². The minimum atomic E-state index is -1.43. The van der Waals surface area contributed by atoms with Gasteiger partial charge in [-0.25, -0.2) is 0 Å². The molecule has 0 bridgehead atoms. The van der Waals surface area contributed by atoms with Crippen LogP contribution >= 0.6 is 20.2 Å². The second-order valence-corrected chi connectivity index (χ2v) is 18.8. The Kier molecular flexibility index (Phi) is 13.8. The summed E-state index contributed by atoms with van der Waals surface area (Å²) in [6.45, 7) is 18.6. The number of nitrogens with one attached hydrogen (secondary N) is 1. The summed E-state index contributed by atoms with van der Waals surface area (Å²) in [5.74, 6) is 2.25. The van der Waals surface area contributed by atoms with E-state index in [0.29, 0.717) is 42.1 Å². The van der Waals surface area contributed by atoms with E-state index in [-0.39, 0.29) is 13.1 Å². The molecule has 0 radical (unpaired) electrons. The van der Waals surface area contributed by atoms with Crippen LogP contribution in [0, 0.1) is 17.8 Å². The maximum absolute atomic E-state index is 6.34. The summed E-state index contributed by atoms with van der Waals surface area (Å²) >= 11 is 0.194. The third-order valence-electron chi connectivity index (χ3n) is 8.01. The number of hydrogen-bond donors (Lipinski definition) is 1. The maximum atomic E-state index is 6.34. The number of hydrogen-bond acceptors (Lipinski definition) is 4. The van der Waals surface area contributed by atoms with E-state index >= 15 is 0 Å². The Hall–Kier alpha value is 0.576. The molecule has 1 heterocycles. The minimum absolute atomic E-state index is 0.194. The van der Waals surface area contributed by atoms with Crippen molar-refractivity contribution in [3.63, 3.8) is 0 Å². The first-order chi connectivity index (χ1) is 16.4. The Morgan fingerprint density at radius 3 is 1.80 bits per heavy atom. The van der Waals surface area contributed by atoms with Gasteiger partial charge < -0.3 is 9.74 Å². The van der Waals surface area contributed by atoms with Gasteiger partial charge in [-0.1, -0.05) is 20.8 Å². The molecule has 0 amide bonds. The predicted molar refractivity (Wildman–Crippen MR) is 153 cm³/mol.